The highest BCUT2D eigenvalue weighted by molar-refractivity contribution is 6.30. The molecule has 0 aliphatic rings. The van der Waals surface area contributed by atoms with Crippen molar-refractivity contribution in [1.82, 2.24) is 15.3 Å². The van der Waals surface area contributed by atoms with E-state index in [1.807, 2.05) is 0 Å². The molecule has 1 N–H and O–H groups in total. The van der Waals surface area contributed by atoms with E-state index < -0.39 is 18.2 Å². The largest absolute Gasteiger partial charge is 0.460 e. The van der Waals surface area contributed by atoms with Crippen LogP contribution in [0.25, 0.3) is 0 Å². The molecule has 0 aliphatic carbocycles. The minimum atomic E-state index is -1.15. The molecule has 1 amide bonds. The molecule has 0 aliphatic heterocycles. The van der Waals surface area contributed by atoms with Gasteiger partial charge in [0.1, 0.15) is 5.82 Å². The molecular weight excluding hydrogens is 370 g/mol. The highest BCUT2D eigenvalue weighted by Crippen LogP contribution is 2.16. The number of nitrogens with zero attached hydrogens (tertiary/aromatic N) is 2. The molecule has 2 rings (SSSR count). The number of nitrogens with one attached hydrogen (secondary N) is 1. The van der Waals surface area contributed by atoms with Gasteiger partial charge >= 0.3 is 12.1 Å². The first-order valence-corrected chi connectivity index (χ1v) is 8.92. The number of aromatic nitrogens is 2. The number of rotatable bonds is 7. The first-order valence-electron chi connectivity index (χ1n) is 8.54. The average Bonchev–Trinajstić information content (AvgIpc) is 2.62. The van der Waals surface area contributed by atoms with E-state index in [0.717, 1.165) is 5.56 Å². The molecule has 0 saturated carbocycles. The molecule has 1 unspecified atom stereocenters. The smallest absolute Gasteiger partial charge is 0.408 e. The van der Waals surface area contributed by atoms with Gasteiger partial charge in [-0.3, -0.25) is 0 Å². The van der Waals surface area contributed by atoms with Crippen molar-refractivity contribution in [3.05, 3.63) is 59.1 Å². The van der Waals surface area contributed by atoms with Gasteiger partial charge in [-0.15, -0.1) is 0 Å². The molecule has 2 atom stereocenters. The lowest BCUT2D eigenvalue weighted by molar-refractivity contribution is -0.157. The number of halogens is 1. The molecule has 7 nitrogen and oxygen atoms in total. The number of ether oxygens (including phenoxy) is 2. The molecule has 1 heterocycles. The van der Waals surface area contributed by atoms with Crippen LogP contribution in [0.15, 0.2) is 42.7 Å². The van der Waals surface area contributed by atoms with Gasteiger partial charge in [0.05, 0.1) is 18.6 Å². The Bertz CT molecular complexity index is 753. The summed E-state index contributed by atoms with van der Waals surface area (Å²) in [5.74, 6) is -0.270. The monoisotopic (exact) mass is 391 g/mol. The van der Waals surface area contributed by atoms with E-state index in [1.165, 1.54) is 0 Å². The second-order valence-electron chi connectivity index (χ2n) is 6.17. The molecule has 27 heavy (non-hydrogen) atoms. The number of esters is 1. The standard InChI is InChI=1S/C19H22ClN3O4/c1-12(2)26-18(24)16(11-17-21-9-4-10-22-17)27-19(25)23-13(3)14-5-7-15(20)8-6-14/h4-10,12-13,16H,11H2,1-3H3,(H,23,25)/t13-,16?/m0/s1. The predicted octanol–water partition coefficient (Wildman–Crippen LogP) is 3.48. The number of hydrogen-bond donors (Lipinski definition) is 1. The van der Waals surface area contributed by atoms with Crippen LogP contribution in [-0.4, -0.2) is 34.2 Å². The van der Waals surface area contributed by atoms with Gasteiger partial charge in [0.15, 0.2) is 0 Å². The van der Waals surface area contributed by atoms with Crippen molar-refractivity contribution in [3.8, 4) is 0 Å². The quantitative estimate of drug-likeness (QED) is 0.726. The number of carbonyl (C=O) groups is 2. The number of alkyl carbamates (subject to hydrolysis) is 1. The SMILES string of the molecule is CC(C)OC(=O)C(Cc1ncccn1)OC(=O)N[C@@H](C)c1ccc(Cl)cc1. The summed E-state index contributed by atoms with van der Waals surface area (Å²) in [6, 6.07) is 8.40. The van der Waals surface area contributed by atoms with Crippen molar-refractivity contribution >= 4 is 23.7 Å². The van der Waals surface area contributed by atoms with Crippen molar-refractivity contribution in [3.63, 3.8) is 0 Å². The van der Waals surface area contributed by atoms with Crippen molar-refractivity contribution in [2.24, 2.45) is 0 Å². The van der Waals surface area contributed by atoms with Crippen LogP contribution in [0.1, 0.15) is 38.2 Å². The lowest BCUT2D eigenvalue weighted by Gasteiger charge is -2.20. The maximum Gasteiger partial charge on any atom is 0.408 e. The maximum absolute atomic E-state index is 12.3. The number of hydrogen-bond acceptors (Lipinski definition) is 6. The summed E-state index contributed by atoms with van der Waals surface area (Å²) in [5.41, 5.74) is 0.851. The van der Waals surface area contributed by atoms with Crippen LogP contribution in [0.3, 0.4) is 0 Å². The molecular formula is C19H22ClN3O4. The van der Waals surface area contributed by atoms with Crippen LogP contribution in [0.4, 0.5) is 4.79 Å². The van der Waals surface area contributed by atoms with Crippen LogP contribution >= 0.6 is 11.6 Å². The Morgan fingerprint density at radius 2 is 1.70 bits per heavy atom. The van der Waals surface area contributed by atoms with Gasteiger partial charge in [-0.2, -0.15) is 0 Å². The van der Waals surface area contributed by atoms with Gasteiger partial charge in [0.2, 0.25) is 6.10 Å². The van der Waals surface area contributed by atoms with E-state index in [0.29, 0.717) is 10.8 Å². The molecule has 144 valence electrons. The highest BCUT2D eigenvalue weighted by Gasteiger charge is 2.27. The van der Waals surface area contributed by atoms with Crippen LogP contribution in [-0.2, 0) is 20.7 Å². The van der Waals surface area contributed by atoms with E-state index >= 15 is 0 Å². The third kappa shape index (κ3) is 6.86. The van der Waals surface area contributed by atoms with E-state index in [1.54, 1.807) is 63.5 Å². The van der Waals surface area contributed by atoms with Crippen LogP contribution in [0.2, 0.25) is 5.02 Å². The van der Waals surface area contributed by atoms with E-state index in [9.17, 15) is 9.59 Å². The van der Waals surface area contributed by atoms with Gasteiger partial charge in [0, 0.05) is 17.4 Å². The number of benzene rings is 1. The lowest BCUT2D eigenvalue weighted by atomic mass is 10.1. The van der Waals surface area contributed by atoms with Crippen molar-refractivity contribution in [1.29, 1.82) is 0 Å². The Morgan fingerprint density at radius 1 is 1.07 bits per heavy atom. The summed E-state index contributed by atoms with van der Waals surface area (Å²) in [7, 11) is 0. The Morgan fingerprint density at radius 3 is 2.30 bits per heavy atom. The Balaban J connectivity index is 2.03. The molecule has 0 fully saturated rings. The molecule has 0 saturated heterocycles. The van der Waals surface area contributed by atoms with Crippen LogP contribution in [0, 0.1) is 0 Å². The highest BCUT2D eigenvalue weighted by atomic mass is 35.5. The fourth-order valence-corrected chi connectivity index (χ4v) is 2.38. The first kappa shape index (κ1) is 20.6. The summed E-state index contributed by atoms with van der Waals surface area (Å²) in [6.07, 6.45) is 0.906. The Kier molecular flexibility index (Phi) is 7.55. The lowest BCUT2D eigenvalue weighted by Crippen LogP contribution is -2.38. The normalized spacial score (nSPS) is 12.9. The minimum Gasteiger partial charge on any atom is -0.460 e. The van der Waals surface area contributed by atoms with Gasteiger partial charge in [-0.25, -0.2) is 19.6 Å². The zero-order valence-corrected chi connectivity index (χ0v) is 16.1. The topological polar surface area (TPSA) is 90.4 Å². The molecule has 8 heteroatoms. The second kappa shape index (κ2) is 9.87. The van der Waals surface area contributed by atoms with E-state index in [-0.39, 0.29) is 18.6 Å². The van der Waals surface area contributed by atoms with Gasteiger partial charge < -0.3 is 14.8 Å². The fraction of sp³-hybridized carbons (Fsp3) is 0.368. The zero-order valence-electron chi connectivity index (χ0n) is 15.4. The van der Waals surface area contributed by atoms with E-state index in [4.69, 9.17) is 21.1 Å². The maximum atomic E-state index is 12.3. The predicted molar refractivity (Wildman–Crippen MR) is 100 cm³/mol. The van der Waals surface area contributed by atoms with Crippen molar-refractivity contribution < 1.29 is 19.1 Å². The second-order valence-corrected chi connectivity index (χ2v) is 6.60. The molecule has 1 aromatic heterocycles. The summed E-state index contributed by atoms with van der Waals surface area (Å²) in [4.78, 5) is 32.7. The third-order valence-corrected chi connectivity index (χ3v) is 3.81. The van der Waals surface area contributed by atoms with Gasteiger partial charge in [0.25, 0.3) is 0 Å². The van der Waals surface area contributed by atoms with Gasteiger partial charge in [-0.1, -0.05) is 23.7 Å². The molecule has 0 radical (unpaired) electrons. The Hall–Kier alpha value is -2.67. The van der Waals surface area contributed by atoms with Crippen molar-refractivity contribution in [2.75, 3.05) is 0 Å². The molecule has 2 aromatic rings. The van der Waals surface area contributed by atoms with Crippen LogP contribution in [0.5, 0.6) is 0 Å². The summed E-state index contributed by atoms with van der Waals surface area (Å²) < 4.78 is 10.5. The summed E-state index contributed by atoms with van der Waals surface area (Å²) in [6.45, 7) is 5.24. The Labute approximate surface area is 163 Å². The summed E-state index contributed by atoms with van der Waals surface area (Å²) in [5, 5.41) is 3.29. The fourth-order valence-electron chi connectivity index (χ4n) is 2.26. The first-order chi connectivity index (χ1) is 12.8. The molecule has 1 aromatic carbocycles. The average molecular weight is 392 g/mol. The third-order valence-electron chi connectivity index (χ3n) is 3.56. The summed E-state index contributed by atoms with van der Waals surface area (Å²) >= 11 is 5.87. The molecule has 0 bridgehead atoms. The number of carbonyl (C=O) groups excluding carboxylic acids is 2. The minimum absolute atomic E-state index is 0.0230. The molecule has 0 spiro atoms. The van der Waals surface area contributed by atoms with Gasteiger partial charge in [-0.05, 0) is 44.5 Å². The van der Waals surface area contributed by atoms with E-state index in [2.05, 4.69) is 15.3 Å². The van der Waals surface area contributed by atoms with Crippen LogP contribution < -0.4 is 5.32 Å². The zero-order chi connectivity index (χ0) is 19.8. The van der Waals surface area contributed by atoms with Crippen molar-refractivity contribution in [2.45, 2.75) is 45.4 Å². The number of amides is 1.